The van der Waals surface area contributed by atoms with Crippen molar-refractivity contribution in [3.05, 3.63) is 29.3 Å². The van der Waals surface area contributed by atoms with Gasteiger partial charge < -0.3 is 0 Å². The molecule has 2 aliphatic rings. The van der Waals surface area contributed by atoms with E-state index in [2.05, 4.69) is 0 Å². The summed E-state index contributed by atoms with van der Waals surface area (Å²) < 4.78 is 53.4. The van der Waals surface area contributed by atoms with Crippen molar-refractivity contribution >= 4 is 20.0 Å². The predicted octanol–water partition coefficient (Wildman–Crippen LogP) is 2.00. The van der Waals surface area contributed by atoms with Crippen molar-refractivity contribution in [1.82, 2.24) is 8.61 Å². The van der Waals surface area contributed by atoms with Crippen LogP contribution in [0, 0.1) is 0 Å². The van der Waals surface area contributed by atoms with Crippen molar-refractivity contribution in [2.45, 2.75) is 50.3 Å². The van der Waals surface area contributed by atoms with Gasteiger partial charge in [0.1, 0.15) is 0 Å². The highest BCUT2D eigenvalue weighted by atomic mass is 32.2. The number of sulfonamides is 2. The van der Waals surface area contributed by atoms with Crippen LogP contribution in [0.15, 0.2) is 23.1 Å². The van der Waals surface area contributed by atoms with Crippen LogP contribution in [0.2, 0.25) is 0 Å². The maximum absolute atomic E-state index is 12.9. The van der Waals surface area contributed by atoms with Crippen molar-refractivity contribution < 1.29 is 16.8 Å². The van der Waals surface area contributed by atoms with Crippen molar-refractivity contribution in [2.75, 3.05) is 31.9 Å². The van der Waals surface area contributed by atoms with Gasteiger partial charge in [0.15, 0.2) is 0 Å². The lowest BCUT2D eigenvalue weighted by Crippen LogP contribution is -2.50. The quantitative estimate of drug-likeness (QED) is 0.656. The number of rotatable bonds is 7. The van der Waals surface area contributed by atoms with Gasteiger partial charge in [0, 0.05) is 26.2 Å². The van der Waals surface area contributed by atoms with E-state index in [1.54, 1.807) is 12.1 Å². The molecule has 3 rings (SSSR count). The second kappa shape index (κ2) is 7.96. The van der Waals surface area contributed by atoms with Crippen molar-refractivity contribution in [1.29, 1.82) is 0 Å². The summed E-state index contributed by atoms with van der Waals surface area (Å²) in [5.41, 5.74) is 2.37. The molecule has 8 heteroatoms. The molecule has 0 spiro atoms. The van der Waals surface area contributed by atoms with E-state index in [0.29, 0.717) is 11.3 Å². The monoisotopic (exact) mass is 400 g/mol. The van der Waals surface area contributed by atoms with Gasteiger partial charge in [-0.05, 0) is 48.9 Å². The Morgan fingerprint density at radius 1 is 0.885 bits per heavy atom. The van der Waals surface area contributed by atoms with Gasteiger partial charge >= 0.3 is 0 Å². The molecule has 1 saturated heterocycles. The van der Waals surface area contributed by atoms with Crippen LogP contribution in [0.4, 0.5) is 0 Å². The molecule has 6 nitrogen and oxygen atoms in total. The van der Waals surface area contributed by atoms with Crippen LogP contribution < -0.4 is 0 Å². The molecule has 0 bridgehead atoms. The molecule has 0 radical (unpaired) electrons. The largest absolute Gasteiger partial charge is 0.243 e. The molecule has 1 aliphatic carbocycles. The zero-order valence-electron chi connectivity index (χ0n) is 15.4. The maximum Gasteiger partial charge on any atom is 0.243 e. The summed E-state index contributed by atoms with van der Waals surface area (Å²) in [6, 6.07) is 5.41. The second-order valence-electron chi connectivity index (χ2n) is 7.11. The smallest absolute Gasteiger partial charge is 0.212 e. The zero-order valence-corrected chi connectivity index (χ0v) is 17.0. The van der Waals surface area contributed by atoms with Crippen LogP contribution >= 0.6 is 0 Å². The minimum absolute atomic E-state index is 0.151. The normalized spacial score (nSPS) is 19.6. The van der Waals surface area contributed by atoms with E-state index < -0.39 is 20.0 Å². The van der Waals surface area contributed by atoms with Gasteiger partial charge in [-0.25, -0.2) is 16.8 Å². The molecule has 1 aliphatic heterocycles. The van der Waals surface area contributed by atoms with E-state index >= 15 is 0 Å². The number of aryl methyl sites for hydroxylation is 2. The van der Waals surface area contributed by atoms with Gasteiger partial charge in [0.05, 0.1) is 10.6 Å². The average molecular weight is 401 g/mol. The van der Waals surface area contributed by atoms with Crippen LogP contribution in [-0.2, 0) is 32.9 Å². The molecule has 1 aromatic carbocycles. The van der Waals surface area contributed by atoms with Crippen LogP contribution in [-0.4, -0.2) is 57.4 Å². The second-order valence-corrected chi connectivity index (χ2v) is 11.1. The number of piperazine rings is 1. The van der Waals surface area contributed by atoms with Crippen molar-refractivity contribution in [2.24, 2.45) is 0 Å². The third kappa shape index (κ3) is 4.13. The minimum atomic E-state index is -3.56. The van der Waals surface area contributed by atoms with Crippen molar-refractivity contribution in [3.63, 3.8) is 0 Å². The number of benzene rings is 1. The molecule has 0 atom stereocenters. The fourth-order valence-corrected chi connectivity index (χ4v) is 6.73. The fraction of sp³-hybridized carbons (Fsp3) is 0.667. The molecular formula is C18H28N2O4S2. The Hall–Kier alpha value is -0.960. The molecule has 0 amide bonds. The molecule has 146 valence electrons. The Labute approximate surface area is 157 Å². The lowest BCUT2D eigenvalue weighted by molar-refractivity contribution is 0.272. The summed E-state index contributed by atoms with van der Waals surface area (Å²) in [5.74, 6) is 0.151. The molecule has 1 heterocycles. The van der Waals surface area contributed by atoms with Crippen LogP contribution in [0.25, 0.3) is 0 Å². The highest BCUT2D eigenvalue weighted by Gasteiger charge is 2.33. The summed E-state index contributed by atoms with van der Waals surface area (Å²) in [5, 5.41) is 0. The van der Waals surface area contributed by atoms with Crippen LogP contribution in [0.5, 0.6) is 0 Å². The van der Waals surface area contributed by atoms with Crippen LogP contribution in [0.3, 0.4) is 0 Å². The number of hydrogen-bond acceptors (Lipinski definition) is 4. The van der Waals surface area contributed by atoms with E-state index in [0.717, 1.165) is 37.7 Å². The predicted molar refractivity (Wildman–Crippen MR) is 102 cm³/mol. The molecule has 0 aromatic heterocycles. The third-order valence-electron chi connectivity index (χ3n) is 5.30. The van der Waals surface area contributed by atoms with Gasteiger partial charge in [0.2, 0.25) is 20.0 Å². The summed E-state index contributed by atoms with van der Waals surface area (Å²) >= 11 is 0. The molecule has 1 aromatic rings. The first-order chi connectivity index (χ1) is 12.3. The third-order valence-corrected chi connectivity index (χ3v) is 9.16. The summed E-state index contributed by atoms with van der Waals surface area (Å²) in [6.07, 6.45) is 5.56. The minimum Gasteiger partial charge on any atom is -0.212 e. The highest BCUT2D eigenvalue weighted by Crippen LogP contribution is 2.27. The molecular weight excluding hydrogens is 372 g/mol. The SMILES string of the molecule is CCCCCS(=O)(=O)N1CCN(S(=O)(=O)c2ccc3c(c2)CCC3)CC1. The number of nitrogens with zero attached hydrogens (tertiary/aromatic N) is 2. The Bertz CT molecular complexity index is 842. The Kier molecular flexibility index (Phi) is 6.06. The maximum atomic E-state index is 12.9. The first-order valence-electron chi connectivity index (χ1n) is 9.44. The van der Waals surface area contributed by atoms with Gasteiger partial charge in [0.25, 0.3) is 0 Å². The molecule has 1 fully saturated rings. The van der Waals surface area contributed by atoms with Crippen molar-refractivity contribution in [3.8, 4) is 0 Å². The van der Waals surface area contributed by atoms with Gasteiger partial charge in [-0.1, -0.05) is 25.8 Å². The molecule has 0 N–H and O–H groups in total. The summed E-state index contributed by atoms with van der Waals surface area (Å²) in [4.78, 5) is 0.331. The van der Waals surface area contributed by atoms with E-state index in [4.69, 9.17) is 0 Å². The Balaban J connectivity index is 1.65. The number of fused-ring (bicyclic) bond motifs is 1. The number of hydrogen-bond donors (Lipinski definition) is 0. The molecule has 26 heavy (non-hydrogen) atoms. The molecule has 0 saturated carbocycles. The van der Waals surface area contributed by atoms with E-state index in [9.17, 15) is 16.8 Å². The van der Waals surface area contributed by atoms with Gasteiger partial charge in [-0.2, -0.15) is 8.61 Å². The topological polar surface area (TPSA) is 74.8 Å². The van der Waals surface area contributed by atoms with Crippen LogP contribution in [0.1, 0.15) is 43.7 Å². The summed E-state index contributed by atoms with van der Waals surface area (Å²) in [7, 11) is -6.85. The first-order valence-corrected chi connectivity index (χ1v) is 12.5. The van der Waals surface area contributed by atoms with E-state index in [1.807, 2.05) is 13.0 Å². The van der Waals surface area contributed by atoms with Gasteiger partial charge in [-0.15, -0.1) is 0 Å². The lowest BCUT2D eigenvalue weighted by atomic mass is 10.1. The molecule has 0 unspecified atom stereocenters. The van der Waals surface area contributed by atoms with E-state index in [-0.39, 0.29) is 31.9 Å². The highest BCUT2D eigenvalue weighted by molar-refractivity contribution is 7.89. The van der Waals surface area contributed by atoms with Gasteiger partial charge in [-0.3, -0.25) is 0 Å². The summed E-state index contributed by atoms with van der Waals surface area (Å²) in [6.45, 7) is 2.94. The zero-order chi connectivity index (χ0) is 18.8. The lowest BCUT2D eigenvalue weighted by Gasteiger charge is -2.33. The Morgan fingerprint density at radius 3 is 2.23 bits per heavy atom. The standard InChI is InChI=1S/C18H28N2O4S2/c1-2-3-4-14-25(21,22)19-10-12-20(13-11-19)26(23,24)18-9-8-16-6-5-7-17(16)15-18/h8-9,15H,2-7,10-14H2,1H3. The average Bonchev–Trinajstić information content (AvgIpc) is 3.09. The van der Waals surface area contributed by atoms with E-state index in [1.165, 1.54) is 14.2 Å². The Morgan fingerprint density at radius 2 is 1.54 bits per heavy atom. The fourth-order valence-electron chi connectivity index (χ4n) is 3.71. The number of unbranched alkanes of at least 4 members (excludes halogenated alkanes) is 2. The first kappa shape index (κ1) is 19.8.